The summed E-state index contributed by atoms with van der Waals surface area (Å²) in [7, 11) is 1.63. The Morgan fingerprint density at radius 1 is 1.47 bits per heavy atom. The van der Waals surface area contributed by atoms with Gasteiger partial charge in [-0.1, -0.05) is 0 Å². The molecule has 7 nitrogen and oxygen atoms in total. The van der Waals surface area contributed by atoms with Crippen molar-refractivity contribution in [1.82, 2.24) is 10.6 Å². The minimum absolute atomic E-state index is 0.00584. The highest BCUT2D eigenvalue weighted by atomic mass is 16.5. The van der Waals surface area contributed by atoms with E-state index < -0.39 is 12.1 Å². The molecule has 0 saturated heterocycles. The third-order valence-corrected chi connectivity index (χ3v) is 2.75. The van der Waals surface area contributed by atoms with Crippen LogP contribution in [0.4, 0.5) is 4.79 Å². The van der Waals surface area contributed by atoms with Gasteiger partial charge in [0, 0.05) is 26.1 Å². The molecule has 1 unspecified atom stereocenters. The first-order chi connectivity index (χ1) is 8.02. The lowest BCUT2D eigenvalue weighted by molar-refractivity contribution is -0.146. The zero-order valence-electron chi connectivity index (χ0n) is 9.68. The quantitative estimate of drug-likeness (QED) is 0.495. The first-order valence-electron chi connectivity index (χ1n) is 5.51. The molecular formula is C10H18N2O5. The normalized spacial score (nSPS) is 24.6. The van der Waals surface area contributed by atoms with E-state index in [0.717, 1.165) is 12.8 Å². The van der Waals surface area contributed by atoms with Crippen LogP contribution in [0.25, 0.3) is 0 Å². The van der Waals surface area contributed by atoms with Crippen LogP contribution in [0.3, 0.4) is 0 Å². The molecule has 98 valence electrons. The van der Waals surface area contributed by atoms with E-state index in [4.69, 9.17) is 14.9 Å². The minimum Gasteiger partial charge on any atom is -0.479 e. The number of rotatable bonds is 6. The molecule has 1 atom stereocenters. The average Bonchev–Trinajstić information content (AvgIpc) is 2.22. The molecule has 7 heteroatoms. The molecule has 1 fully saturated rings. The van der Waals surface area contributed by atoms with Gasteiger partial charge in [0.2, 0.25) is 0 Å². The summed E-state index contributed by atoms with van der Waals surface area (Å²) in [6, 6.07) is -0.230. The number of carboxylic acid groups (broad SMARTS) is 1. The zero-order valence-corrected chi connectivity index (χ0v) is 9.68. The van der Waals surface area contributed by atoms with Crippen molar-refractivity contribution in [3.8, 4) is 0 Å². The number of aliphatic hydroxyl groups excluding tert-OH is 1. The van der Waals surface area contributed by atoms with Crippen molar-refractivity contribution in [1.29, 1.82) is 0 Å². The molecule has 0 aromatic heterocycles. The molecule has 1 aliphatic rings. The maximum absolute atomic E-state index is 11.3. The number of carbonyl (C=O) groups is 2. The number of urea groups is 1. The highest BCUT2D eigenvalue weighted by Crippen LogP contribution is 2.22. The summed E-state index contributed by atoms with van der Waals surface area (Å²) in [6.45, 7) is 0.125. The number of amides is 2. The number of ether oxygens (including phenoxy) is 1. The van der Waals surface area contributed by atoms with Crippen molar-refractivity contribution in [3.05, 3.63) is 0 Å². The van der Waals surface area contributed by atoms with Crippen LogP contribution in [0.15, 0.2) is 0 Å². The monoisotopic (exact) mass is 246 g/mol. The van der Waals surface area contributed by atoms with Crippen molar-refractivity contribution in [3.63, 3.8) is 0 Å². The molecule has 1 aliphatic carbocycles. The van der Waals surface area contributed by atoms with Crippen molar-refractivity contribution in [2.75, 3.05) is 13.7 Å². The van der Waals surface area contributed by atoms with Gasteiger partial charge in [0.25, 0.3) is 0 Å². The maximum atomic E-state index is 11.3. The molecular weight excluding hydrogens is 228 g/mol. The largest absolute Gasteiger partial charge is 0.479 e. The fourth-order valence-corrected chi connectivity index (χ4v) is 1.56. The van der Waals surface area contributed by atoms with Crippen molar-refractivity contribution in [2.24, 2.45) is 0 Å². The summed E-state index contributed by atoms with van der Waals surface area (Å²) in [5.74, 6) is -1.28. The molecule has 0 spiro atoms. The SMILES string of the molecule is COC1CC(NC(=O)NCCC(O)C(=O)O)C1. The standard InChI is InChI=1S/C10H18N2O5/c1-17-7-4-6(5-7)12-10(16)11-3-2-8(13)9(14)15/h6-8,13H,2-5H2,1H3,(H,14,15)(H2,11,12,16). The first kappa shape index (κ1) is 13.7. The summed E-state index contributed by atoms with van der Waals surface area (Å²) in [5, 5.41) is 22.6. The van der Waals surface area contributed by atoms with Crippen LogP contribution in [0.1, 0.15) is 19.3 Å². The number of hydrogen-bond acceptors (Lipinski definition) is 4. The molecule has 17 heavy (non-hydrogen) atoms. The molecule has 0 radical (unpaired) electrons. The molecule has 1 saturated carbocycles. The molecule has 0 aromatic rings. The van der Waals surface area contributed by atoms with Gasteiger partial charge in [0.15, 0.2) is 6.10 Å². The van der Waals surface area contributed by atoms with E-state index in [-0.39, 0.29) is 31.1 Å². The van der Waals surface area contributed by atoms with Gasteiger partial charge in [-0.25, -0.2) is 9.59 Å². The Morgan fingerprint density at radius 3 is 2.65 bits per heavy atom. The number of carbonyl (C=O) groups excluding carboxylic acids is 1. The van der Waals surface area contributed by atoms with E-state index in [1.165, 1.54) is 0 Å². The van der Waals surface area contributed by atoms with Crippen molar-refractivity contribution >= 4 is 12.0 Å². The number of nitrogens with one attached hydrogen (secondary N) is 2. The van der Waals surface area contributed by atoms with E-state index in [2.05, 4.69) is 10.6 Å². The highest BCUT2D eigenvalue weighted by molar-refractivity contribution is 5.74. The van der Waals surface area contributed by atoms with Gasteiger partial charge in [-0.05, 0) is 12.8 Å². The van der Waals surface area contributed by atoms with E-state index >= 15 is 0 Å². The van der Waals surface area contributed by atoms with Crippen LogP contribution in [-0.4, -0.2) is 54.1 Å². The number of methoxy groups -OCH3 is 1. The van der Waals surface area contributed by atoms with Gasteiger partial charge in [-0.3, -0.25) is 0 Å². The molecule has 0 heterocycles. The number of aliphatic carboxylic acids is 1. The lowest BCUT2D eigenvalue weighted by Crippen LogP contribution is -2.51. The molecule has 0 aliphatic heterocycles. The Labute approximate surface area is 99.1 Å². The van der Waals surface area contributed by atoms with Crippen LogP contribution >= 0.6 is 0 Å². The van der Waals surface area contributed by atoms with Crippen LogP contribution in [-0.2, 0) is 9.53 Å². The van der Waals surface area contributed by atoms with Gasteiger partial charge in [-0.2, -0.15) is 0 Å². The fraction of sp³-hybridized carbons (Fsp3) is 0.800. The second-order valence-electron chi connectivity index (χ2n) is 4.07. The lowest BCUT2D eigenvalue weighted by atomic mass is 9.89. The van der Waals surface area contributed by atoms with Gasteiger partial charge >= 0.3 is 12.0 Å². The Balaban J connectivity index is 2.04. The maximum Gasteiger partial charge on any atom is 0.332 e. The topological polar surface area (TPSA) is 108 Å². The molecule has 2 amide bonds. The summed E-state index contributed by atoms with van der Waals surface area (Å²) >= 11 is 0. The van der Waals surface area contributed by atoms with E-state index in [1.54, 1.807) is 7.11 Å². The minimum atomic E-state index is -1.43. The fourth-order valence-electron chi connectivity index (χ4n) is 1.56. The van der Waals surface area contributed by atoms with E-state index in [9.17, 15) is 9.59 Å². The van der Waals surface area contributed by atoms with E-state index in [0.29, 0.717) is 0 Å². The summed E-state index contributed by atoms with van der Waals surface area (Å²) < 4.78 is 5.07. The molecule has 4 N–H and O–H groups in total. The molecule has 1 rings (SSSR count). The van der Waals surface area contributed by atoms with Gasteiger partial charge in [0.05, 0.1) is 6.10 Å². The van der Waals surface area contributed by atoms with Crippen LogP contribution in [0, 0.1) is 0 Å². The summed E-state index contributed by atoms with van der Waals surface area (Å²) in [4.78, 5) is 21.6. The van der Waals surface area contributed by atoms with Crippen LogP contribution in [0.5, 0.6) is 0 Å². The summed E-state index contributed by atoms with van der Waals surface area (Å²) in [5.41, 5.74) is 0. The second-order valence-corrected chi connectivity index (χ2v) is 4.07. The average molecular weight is 246 g/mol. The lowest BCUT2D eigenvalue weighted by Gasteiger charge is -2.34. The van der Waals surface area contributed by atoms with Gasteiger partial charge in [0.1, 0.15) is 0 Å². The van der Waals surface area contributed by atoms with Crippen LogP contribution in [0.2, 0.25) is 0 Å². The first-order valence-corrected chi connectivity index (χ1v) is 5.51. The summed E-state index contributed by atoms with van der Waals surface area (Å²) in [6.07, 6.45) is 0.364. The smallest absolute Gasteiger partial charge is 0.332 e. The third-order valence-electron chi connectivity index (χ3n) is 2.75. The molecule has 0 bridgehead atoms. The predicted octanol–water partition coefficient (Wildman–Crippen LogP) is -0.701. The van der Waals surface area contributed by atoms with Crippen molar-refractivity contribution in [2.45, 2.75) is 37.5 Å². The Morgan fingerprint density at radius 2 is 2.12 bits per heavy atom. The number of carboxylic acids is 1. The molecule has 0 aromatic carbocycles. The number of aliphatic hydroxyl groups is 1. The second kappa shape index (κ2) is 6.41. The van der Waals surface area contributed by atoms with Gasteiger partial charge in [-0.15, -0.1) is 0 Å². The van der Waals surface area contributed by atoms with Crippen molar-refractivity contribution < 1.29 is 24.5 Å². The predicted molar refractivity (Wildman–Crippen MR) is 58.6 cm³/mol. The van der Waals surface area contributed by atoms with Crippen LogP contribution < -0.4 is 10.6 Å². The van der Waals surface area contributed by atoms with E-state index in [1.807, 2.05) is 0 Å². The Kier molecular flexibility index (Phi) is 5.17. The highest BCUT2D eigenvalue weighted by Gasteiger charge is 2.29. The van der Waals surface area contributed by atoms with Gasteiger partial charge < -0.3 is 25.6 Å². The number of hydrogen-bond donors (Lipinski definition) is 4. The zero-order chi connectivity index (χ0) is 12.8. The Hall–Kier alpha value is -1.34. The Bertz CT molecular complexity index is 278. The third kappa shape index (κ3) is 4.58.